The van der Waals surface area contributed by atoms with E-state index in [1.54, 1.807) is 6.08 Å². The highest BCUT2D eigenvalue weighted by Gasteiger charge is 2.35. The van der Waals surface area contributed by atoms with Crippen LogP contribution in [0.1, 0.15) is 57.7 Å². The molecule has 40 heavy (non-hydrogen) atoms. The Balaban J connectivity index is 1.70. The fourth-order valence-corrected chi connectivity index (χ4v) is 4.70. The largest absolute Gasteiger partial charge is 0.481 e. The lowest BCUT2D eigenvalue weighted by atomic mass is 9.85. The smallest absolute Gasteiger partial charge is 0.304 e. The van der Waals surface area contributed by atoms with Gasteiger partial charge in [0.25, 0.3) is 0 Å². The van der Waals surface area contributed by atoms with Gasteiger partial charge in [-0.25, -0.2) is 0 Å². The molecule has 0 aliphatic heterocycles. The second kappa shape index (κ2) is 13.9. The topological polar surface area (TPSA) is 95.5 Å². The standard InChI is InChI=1S/C33H37ClN2O4/c1-22(24-13-7-5-8-14-24)35-32(40)30(33(2,3)4)36-31(39)26(21-29(37)38)17-11-12-23-18-19-27(28(34)20-23)25-15-9-6-10-16-25/h5-16,18-20,22,26,30H,17,21H2,1-4H3,(H,35,40)(H,36,39)(H,37,38)/b12-11+/t22-,26-,30-/m1/s1. The van der Waals surface area contributed by atoms with Gasteiger partial charge in [-0.15, -0.1) is 0 Å². The minimum Gasteiger partial charge on any atom is -0.481 e. The number of halogens is 1. The Morgan fingerprint density at radius 3 is 2.10 bits per heavy atom. The van der Waals surface area contributed by atoms with E-state index >= 15 is 0 Å². The van der Waals surface area contributed by atoms with Gasteiger partial charge in [0.05, 0.1) is 18.4 Å². The van der Waals surface area contributed by atoms with Gasteiger partial charge in [-0.05, 0) is 41.5 Å². The summed E-state index contributed by atoms with van der Waals surface area (Å²) in [6, 6.07) is 23.9. The first-order chi connectivity index (χ1) is 19.0. The number of rotatable bonds is 11. The zero-order chi connectivity index (χ0) is 29.3. The molecule has 0 aromatic heterocycles. The molecular formula is C33H37ClN2O4. The van der Waals surface area contributed by atoms with Crippen molar-refractivity contribution in [3.63, 3.8) is 0 Å². The first kappa shape index (κ1) is 30.6. The third kappa shape index (κ3) is 8.82. The molecule has 6 nitrogen and oxygen atoms in total. The average Bonchev–Trinajstić information content (AvgIpc) is 2.91. The SMILES string of the molecule is C[C@@H](NC(=O)[C@@H](NC(=O)[C@H](C/C=C/c1ccc(-c2ccccc2)c(Cl)c1)CC(=O)O)C(C)(C)C)c1ccccc1. The Hall–Kier alpha value is -3.90. The summed E-state index contributed by atoms with van der Waals surface area (Å²) in [6.07, 6.45) is 3.42. The minimum absolute atomic E-state index is 0.190. The summed E-state index contributed by atoms with van der Waals surface area (Å²) < 4.78 is 0. The van der Waals surface area contributed by atoms with Crippen LogP contribution in [0.2, 0.25) is 5.02 Å². The predicted molar refractivity (Wildman–Crippen MR) is 161 cm³/mol. The summed E-state index contributed by atoms with van der Waals surface area (Å²) in [5.74, 6) is -2.74. The fraction of sp³-hybridized carbons (Fsp3) is 0.303. The summed E-state index contributed by atoms with van der Waals surface area (Å²) in [7, 11) is 0. The number of amides is 2. The Labute approximate surface area is 241 Å². The highest BCUT2D eigenvalue weighted by Crippen LogP contribution is 2.29. The van der Waals surface area contributed by atoms with Crippen LogP contribution in [0, 0.1) is 11.3 Å². The number of carboxylic acid groups (broad SMARTS) is 1. The molecule has 0 heterocycles. The second-order valence-electron chi connectivity index (χ2n) is 11.0. The molecule has 0 saturated heterocycles. The van der Waals surface area contributed by atoms with Gasteiger partial charge in [-0.3, -0.25) is 14.4 Å². The Morgan fingerprint density at radius 2 is 1.52 bits per heavy atom. The van der Waals surface area contributed by atoms with Gasteiger partial charge in [0.2, 0.25) is 11.8 Å². The molecule has 0 unspecified atom stereocenters. The van der Waals surface area contributed by atoms with Gasteiger partial charge in [-0.2, -0.15) is 0 Å². The van der Waals surface area contributed by atoms with Crippen LogP contribution in [0.3, 0.4) is 0 Å². The summed E-state index contributed by atoms with van der Waals surface area (Å²) in [6.45, 7) is 7.46. The zero-order valence-corrected chi connectivity index (χ0v) is 24.1. The molecule has 0 radical (unpaired) electrons. The molecule has 210 valence electrons. The number of carboxylic acids is 1. The van der Waals surface area contributed by atoms with Crippen molar-refractivity contribution in [3.05, 3.63) is 101 Å². The number of aliphatic carboxylic acids is 1. The minimum atomic E-state index is -1.08. The van der Waals surface area contributed by atoms with E-state index in [2.05, 4.69) is 10.6 Å². The van der Waals surface area contributed by atoms with Crippen molar-refractivity contribution in [1.82, 2.24) is 10.6 Å². The summed E-state index contributed by atoms with van der Waals surface area (Å²) in [5, 5.41) is 15.9. The number of benzene rings is 3. The molecule has 0 aliphatic carbocycles. The fourth-order valence-electron chi connectivity index (χ4n) is 4.41. The lowest BCUT2D eigenvalue weighted by Gasteiger charge is -2.32. The molecule has 3 atom stereocenters. The number of allylic oxidation sites excluding steroid dienone is 1. The highest BCUT2D eigenvalue weighted by atomic mass is 35.5. The molecule has 0 saturated carbocycles. The molecule has 3 rings (SSSR count). The second-order valence-corrected chi connectivity index (χ2v) is 11.4. The van der Waals surface area contributed by atoms with Crippen LogP contribution in [0.15, 0.2) is 84.9 Å². The number of carbonyl (C=O) groups excluding carboxylic acids is 2. The van der Waals surface area contributed by atoms with Crippen LogP contribution < -0.4 is 10.6 Å². The number of hydrogen-bond acceptors (Lipinski definition) is 3. The molecule has 0 aliphatic rings. The third-order valence-corrected chi connectivity index (χ3v) is 6.99. The van der Waals surface area contributed by atoms with Gasteiger partial charge >= 0.3 is 5.97 Å². The molecule has 0 spiro atoms. The van der Waals surface area contributed by atoms with E-state index in [1.165, 1.54) is 0 Å². The quantitative estimate of drug-likeness (QED) is 0.237. The van der Waals surface area contributed by atoms with E-state index in [9.17, 15) is 19.5 Å². The van der Waals surface area contributed by atoms with E-state index in [0.717, 1.165) is 22.3 Å². The maximum Gasteiger partial charge on any atom is 0.304 e. The molecule has 7 heteroatoms. The number of hydrogen-bond donors (Lipinski definition) is 3. The van der Waals surface area contributed by atoms with Crippen LogP contribution >= 0.6 is 11.6 Å². The maximum absolute atomic E-state index is 13.3. The molecular weight excluding hydrogens is 524 g/mol. The van der Waals surface area contributed by atoms with Crippen molar-refractivity contribution in [1.29, 1.82) is 0 Å². The van der Waals surface area contributed by atoms with Gasteiger partial charge in [0, 0.05) is 10.6 Å². The van der Waals surface area contributed by atoms with Crippen molar-refractivity contribution in [3.8, 4) is 11.1 Å². The molecule has 0 bridgehead atoms. The van der Waals surface area contributed by atoms with Crippen molar-refractivity contribution in [2.24, 2.45) is 11.3 Å². The Kier molecular flexibility index (Phi) is 10.7. The summed E-state index contributed by atoms with van der Waals surface area (Å²) in [5.41, 5.74) is 3.10. The van der Waals surface area contributed by atoms with Crippen LogP contribution in [0.25, 0.3) is 17.2 Å². The maximum atomic E-state index is 13.3. The lowest BCUT2D eigenvalue weighted by Crippen LogP contribution is -2.55. The van der Waals surface area contributed by atoms with E-state index in [4.69, 9.17) is 11.6 Å². The molecule has 3 aromatic carbocycles. The average molecular weight is 561 g/mol. The molecule has 0 fully saturated rings. The van der Waals surface area contributed by atoms with Crippen LogP contribution in [0.4, 0.5) is 0 Å². The first-order valence-electron chi connectivity index (χ1n) is 13.3. The molecule has 3 N–H and O–H groups in total. The predicted octanol–water partition coefficient (Wildman–Crippen LogP) is 6.91. The van der Waals surface area contributed by atoms with Gasteiger partial charge in [0.15, 0.2) is 0 Å². The van der Waals surface area contributed by atoms with Crippen molar-refractivity contribution in [2.45, 2.75) is 52.6 Å². The van der Waals surface area contributed by atoms with E-state index in [1.807, 2.05) is 113 Å². The first-order valence-corrected chi connectivity index (χ1v) is 13.7. The van der Waals surface area contributed by atoms with Crippen molar-refractivity contribution < 1.29 is 19.5 Å². The normalized spacial score (nSPS) is 13.8. The Morgan fingerprint density at radius 1 is 0.900 bits per heavy atom. The van der Waals surface area contributed by atoms with Crippen LogP contribution in [0.5, 0.6) is 0 Å². The summed E-state index contributed by atoms with van der Waals surface area (Å²) in [4.78, 5) is 38.1. The van der Waals surface area contributed by atoms with Crippen LogP contribution in [-0.2, 0) is 14.4 Å². The molecule has 2 amide bonds. The van der Waals surface area contributed by atoms with E-state index in [0.29, 0.717) is 5.02 Å². The van der Waals surface area contributed by atoms with Gasteiger partial charge in [-0.1, -0.05) is 117 Å². The van der Waals surface area contributed by atoms with E-state index < -0.39 is 29.3 Å². The third-order valence-electron chi connectivity index (χ3n) is 6.67. The van der Waals surface area contributed by atoms with Gasteiger partial charge in [0.1, 0.15) is 6.04 Å². The van der Waals surface area contributed by atoms with Crippen molar-refractivity contribution >= 4 is 35.5 Å². The monoisotopic (exact) mass is 560 g/mol. The van der Waals surface area contributed by atoms with Crippen LogP contribution in [-0.4, -0.2) is 28.9 Å². The zero-order valence-electron chi connectivity index (χ0n) is 23.4. The summed E-state index contributed by atoms with van der Waals surface area (Å²) >= 11 is 6.52. The molecule has 3 aromatic rings. The highest BCUT2D eigenvalue weighted by molar-refractivity contribution is 6.33. The lowest BCUT2D eigenvalue weighted by molar-refractivity contribution is -0.141. The Bertz CT molecular complexity index is 1330. The van der Waals surface area contributed by atoms with E-state index in [-0.39, 0.29) is 24.8 Å². The van der Waals surface area contributed by atoms with Gasteiger partial charge < -0.3 is 15.7 Å². The van der Waals surface area contributed by atoms with Crippen molar-refractivity contribution in [2.75, 3.05) is 0 Å². The number of nitrogens with one attached hydrogen (secondary N) is 2. The number of carbonyl (C=O) groups is 3.